The Morgan fingerprint density at radius 3 is 2.70 bits per heavy atom. The van der Waals surface area contributed by atoms with Crippen molar-refractivity contribution >= 4 is 32.7 Å². The predicted octanol–water partition coefficient (Wildman–Crippen LogP) is 4.53. The van der Waals surface area contributed by atoms with Gasteiger partial charge >= 0.3 is 0 Å². The van der Waals surface area contributed by atoms with E-state index in [0.29, 0.717) is 0 Å². The molecular formula is C16H16BrN3. The highest BCUT2D eigenvalue weighted by atomic mass is 79.9. The van der Waals surface area contributed by atoms with E-state index < -0.39 is 0 Å². The minimum absolute atomic E-state index is 0.858. The maximum absolute atomic E-state index is 4.52. The first-order chi connectivity index (χ1) is 9.67. The zero-order valence-corrected chi connectivity index (χ0v) is 13.1. The molecule has 0 aliphatic carbocycles. The van der Waals surface area contributed by atoms with E-state index in [9.17, 15) is 0 Å². The van der Waals surface area contributed by atoms with Crippen LogP contribution in [0.15, 0.2) is 47.1 Å². The lowest BCUT2D eigenvalue weighted by atomic mass is 10.1. The molecule has 3 aromatic rings. The molecule has 2 aromatic carbocycles. The normalized spacial score (nSPS) is 10.9. The fourth-order valence-corrected chi connectivity index (χ4v) is 2.71. The van der Waals surface area contributed by atoms with Crippen LogP contribution in [-0.2, 0) is 0 Å². The van der Waals surface area contributed by atoms with E-state index in [1.54, 1.807) is 0 Å². The highest BCUT2D eigenvalue weighted by molar-refractivity contribution is 9.10. The SMILES string of the molecule is CCNc1nc(C)cn1-c1ccc2cc(Br)ccc2c1. The van der Waals surface area contributed by atoms with Gasteiger partial charge in [0.05, 0.1) is 5.69 Å². The van der Waals surface area contributed by atoms with Crippen molar-refractivity contribution < 1.29 is 0 Å². The topological polar surface area (TPSA) is 29.9 Å². The summed E-state index contributed by atoms with van der Waals surface area (Å²) >= 11 is 3.51. The summed E-state index contributed by atoms with van der Waals surface area (Å²) in [7, 11) is 0. The third kappa shape index (κ3) is 2.43. The Morgan fingerprint density at radius 1 is 1.15 bits per heavy atom. The lowest BCUT2D eigenvalue weighted by molar-refractivity contribution is 1.02. The molecule has 0 fully saturated rings. The van der Waals surface area contributed by atoms with Crippen LogP contribution in [0.4, 0.5) is 5.95 Å². The van der Waals surface area contributed by atoms with Crippen LogP contribution in [0.25, 0.3) is 16.5 Å². The van der Waals surface area contributed by atoms with Gasteiger partial charge in [0.15, 0.2) is 0 Å². The van der Waals surface area contributed by atoms with Gasteiger partial charge in [-0.1, -0.05) is 28.1 Å². The van der Waals surface area contributed by atoms with Gasteiger partial charge in [-0.25, -0.2) is 4.98 Å². The van der Waals surface area contributed by atoms with Crippen LogP contribution < -0.4 is 5.32 Å². The Bertz CT molecular complexity index is 762. The van der Waals surface area contributed by atoms with Gasteiger partial charge in [0.1, 0.15) is 0 Å². The minimum atomic E-state index is 0.858. The summed E-state index contributed by atoms with van der Waals surface area (Å²) < 4.78 is 3.20. The second-order valence-corrected chi connectivity index (χ2v) is 5.70. The fourth-order valence-electron chi connectivity index (χ4n) is 2.33. The molecule has 0 saturated heterocycles. The zero-order chi connectivity index (χ0) is 14.1. The third-order valence-electron chi connectivity index (χ3n) is 3.23. The maximum Gasteiger partial charge on any atom is 0.207 e. The van der Waals surface area contributed by atoms with Crippen LogP contribution in [0, 0.1) is 6.92 Å². The van der Waals surface area contributed by atoms with Gasteiger partial charge in [-0.05, 0) is 48.9 Å². The first-order valence-electron chi connectivity index (χ1n) is 6.67. The molecule has 0 atom stereocenters. The van der Waals surface area contributed by atoms with Crippen molar-refractivity contribution in [2.75, 3.05) is 11.9 Å². The summed E-state index contributed by atoms with van der Waals surface area (Å²) in [6.07, 6.45) is 2.05. The molecule has 0 saturated carbocycles. The number of imidazole rings is 1. The molecule has 1 heterocycles. The van der Waals surface area contributed by atoms with E-state index >= 15 is 0 Å². The Labute approximate surface area is 126 Å². The number of rotatable bonds is 3. The average Bonchev–Trinajstić information content (AvgIpc) is 2.79. The number of aryl methyl sites for hydroxylation is 1. The molecule has 0 radical (unpaired) electrons. The van der Waals surface area contributed by atoms with Crippen molar-refractivity contribution in [1.29, 1.82) is 0 Å². The second kappa shape index (κ2) is 5.29. The Hall–Kier alpha value is -1.81. The van der Waals surface area contributed by atoms with Crippen LogP contribution in [0.3, 0.4) is 0 Å². The van der Waals surface area contributed by atoms with Gasteiger partial charge in [-0.2, -0.15) is 0 Å². The van der Waals surface area contributed by atoms with E-state index in [1.807, 2.05) is 6.92 Å². The number of halogens is 1. The summed E-state index contributed by atoms with van der Waals surface area (Å²) in [5.74, 6) is 0.890. The van der Waals surface area contributed by atoms with E-state index in [2.05, 4.69) is 80.3 Å². The van der Waals surface area contributed by atoms with Crippen molar-refractivity contribution in [2.45, 2.75) is 13.8 Å². The van der Waals surface area contributed by atoms with Gasteiger partial charge < -0.3 is 5.32 Å². The summed E-state index contributed by atoms with van der Waals surface area (Å²) in [6, 6.07) is 12.8. The number of aromatic nitrogens is 2. The molecule has 0 bridgehead atoms. The van der Waals surface area contributed by atoms with Crippen molar-refractivity contribution in [3.8, 4) is 5.69 Å². The molecule has 1 N–H and O–H groups in total. The number of benzene rings is 2. The molecule has 0 spiro atoms. The number of nitrogens with one attached hydrogen (secondary N) is 1. The van der Waals surface area contributed by atoms with Gasteiger partial charge in [0, 0.05) is 22.9 Å². The zero-order valence-electron chi connectivity index (χ0n) is 11.5. The molecule has 3 rings (SSSR count). The van der Waals surface area contributed by atoms with Gasteiger partial charge in [0.25, 0.3) is 0 Å². The second-order valence-electron chi connectivity index (χ2n) is 4.78. The molecule has 0 aliphatic heterocycles. The lowest BCUT2D eigenvalue weighted by Gasteiger charge is -2.09. The largest absolute Gasteiger partial charge is 0.356 e. The predicted molar refractivity (Wildman–Crippen MR) is 87.7 cm³/mol. The quantitative estimate of drug-likeness (QED) is 0.765. The van der Waals surface area contributed by atoms with Gasteiger partial charge in [-0.3, -0.25) is 4.57 Å². The van der Waals surface area contributed by atoms with Crippen LogP contribution in [0.2, 0.25) is 0 Å². The number of fused-ring (bicyclic) bond motifs is 1. The summed E-state index contributed by atoms with van der Waals surface area (Å²) in [4.78, 5) is 4.52. The number of anilines is 1. The average molecular weight is 330 g/mol. The molecule has 1 aromatic heterocycles. The van der Waals surface area contributed by atoms with E-state index in [0.717, 1.165) is 28.3 Å². The minimum Gasteiger partial charge on any atom is -0.356 e. The number of hydrogen-bond acceptors (Lipinski definition) is 2. The van der Waals surface area contributed by atoms with Crippen LogP contribution in [0.5, 0.6) is 0 Å². The van der Waals surface area contributed by atoms with Crippen LogP contribution in [0.1, 0.15) is 12.6 Å². The standard InChI is InChI=1S/C16H16BrN3/c1-3-18-16-19-11(2)10-20(16)15-7-5-12-8-14(17)6-4-13(12)9-15/h4-10H,3H2,1-2H3,(H,18,19). The van der Waals surface area contributed by atoms with Gasteiger partial charge in [-0.15, -0.1) is 0 Å². The van der Waals surface area contributed by atoms with Crippen molar-refractivity contribution in [3.05, 3.63) is 52.8 Å². The molecular weight excluding hydrogens is 314 g/mol. The van der Waals surface area contributed by atoms with Crippen molar-refractivity contribution in [1.82, 2.24) is 9.55 Å². The molecule has 0 unspecified atom stereocenters. The first-order valence-corrected chi connectivity index (χ1v) is 7.46. The molecule has 3 nitrogen and oxygen atoms in total. The maximum atomic E-state index is 4.52. The first kappa shape index (κ1) is 13.2. The highest BCUT2D eigenvalue weighted by Gasteiger charge is 2.07. The summed E-state index contributed by atoms with van der Waals surface area (Å²) in [5.41, 5.74) is 2.13. The van der Waals surface area contributed by atoms with Crippen LogP contribution >= 0.6 is 15.9 Å². The Balaban J connectivity index is 2.12. The lowest BCUT2D eigenvalue weighted by Crippen LogP contribution is -2.04. The Kier molecular flexibility index (Phi) is 3.49. The summed E-state index contributed by atoms with van der Waals surface area (Å²) in [5, 5.41) is 5.75. The fraction of sp³-hybridized carbons (Fsp3) is 0.188. The monoisotopic (exact) mass is 329 g/mol. The third-order valence-corrected chi connectivity index (χ3v) is 3.72. The molecule has 0 aliphatic rings. The number of hydrogen-bond donors (Lipinski definition) is 1. The van der Waals surface area contributed by atoms with E-state index in [-0.39, 0.29) is 0 Å². The smallest absolute Gasteiger partial charge is 0.207 e. The summed E-state index contributed by atoms with van der Waals surface area (Å²) in [6.45, 7) is 4.94. The van der Waals surface area contributed by atoms with Crippen LogP contribution in [-0.4, -0.2) is 16.1 Å². The van der Waals surface area contributed by atoms with Crippen molar-refractivity contribution in [2.24, 2.45) is 0 Å². The van der Waals surface area contributed by atoms with E-state index in [1.165, 1.54) is 10.8 Å². The Morgan fingerprint density at radius 2 is 1.90 bits per heavy atom. The highest BCUT2D eigenvalue weighted by Crippen LogP contribution is 2.24. The molecule has 4 heteroatoms. The van der Waals surface area contributed by atoms with Crippen molar-refractivity contribution in [3.63, 3.8) is 0 Å². The number of nitrogens with zero attached hydrogens (tertiary/aromatic N) is 2. The van der Waals surface area contributed by atoms with E-state index in [4.69, 9.17) is 0 Å². The molecule has 0 amide bonds. The molecule has 20 heavy (non-hydrogen) atoms. The van der Waals surface area contributed by atoms with Gasteiger partial charge in [0.2, 0.25) is 5.95 Å². The molecule has 102 valence electrons.